The summed E-state index contributed by atoms with van der Waals surface area (Å²) in [5.74, 6) is 0.635. The summed E-state index contributed by atoms with van der Waals surface area (Å²) in [7, 11) is 0. The zero-order chi connectivity index (χ0) is 13.5. The van der Waals surface area contributed by atoms with Gasteiger partial charge >= 0.3 is 0 Å². The molecule has 4 nitrogen and oxygen atoms in total. The topological polar surface area (TPSA) is 46.1 Å². The van der Waals surface area contributed by atoms with Gasteiger partial charge in [-0.1, -0.05) is 31.4 Å². The number of unbranched alkanes of at least 4 members (excludes halogenated alkanes) is 2. The van der Waals surface area contributed by atoms with E-state index in [4.69, 9.17) is 11.6 Å². The van der Waals surface area contributed by atoms with Crippen molar-refractivity contribution < 1.29 is 4.79 Å². The Hall–Kier alpha value is -1.16. The quantitative estimate of drug-likeness (QED) is 0.433. The molecule has 0 aliphatic rings. The van der Waals surface area contributed by atoms with E-state index in [0.29, 0.717) is 11.4 Å². The fraction of sp³-hybridized carbons (Fsp3) is 0.615. The molecule has 1 heterocycles. The lowest BCUT2D eigenvalue weighted by Crippen LogP contribution is -2.33. The van der Waals surface area contributed by atoms with E-state index >= 15 is 0 Å². The van der Waals surface area contributed by atoms with Crippen molar-refractivity contribution in [1.29, 1.82) is 0 Å². The Labute approximate surface area is 113 Å². The molecule has 0 spiro atoms. The van der Waals surface area contributed by atoms with Crippen molar-refractivity contribution >= 4 is 23.7 Å². The highest BCUT2D eigenvalue weighted by Crippen LogP contribution is 2.23. The van der Waals surface area contributed by atoms with E-state index in [2.05, 4.69) is 35.6 Å². The van der Waals surface area contributed by atoms with Crippen LogP contribution in [0, 0.1) is 0 Å². The summed E-state index contributed by atoms with van der Waals surface area (Å²) >= 11 is 5.93. The number of aromatic nitrogens is 2. The van der Waals surface area contributed by atoms with Crippen LogP contribution in [0.2, 0.25) is 5.15 Å². The molecule has 0 radical (unpaired) electrons. The summed E-state index contributed by atoms with van der Waals surface area (Å²) < 4.78 is 0. The fourth-order valence-corrected chi connectivity index (χ4v) is 2.01. The SMILES string of the molecule is CCCCCN(c1ncnc(Cl)c1C=O)C(C)C. The van der Waals surface area contributed by atoms with Gasteiger partial charge in [-0.3, -0.25) is 4.79 Å². The van der Waals surface area contributed by atoms with E-state index in [-0.39, 0.29) is 11.2 Å². The Kier molecular flexibility index (Phi) is 6.05. The van der Waals surface area contributed by atoms with Crippen molar-refractivity contribution in [2.45, 2.75) is 46.1 Å². The van der Waals surface area contributed by atoms with Gasteiger partial charge in [0.1, 0.15) is 17.3 Å². The lowest BCUT2D eigenvalue weighted by Gasteiger charge is -2.28. The largest absolute Gasteiger partial charge is 0.353 e. The molecule has 0 aliphatic carbocycles. The maximum atomic E-state index is 11.1. The van der Waals surface area contributed by atoms with Gasteiger partial charge in [0.15, 0.2) is 6.29 Å². The normalized spacial score (nSPS) is 10.7. The van der Waals surface area contributed by atoms with Crippen LogP contribution in [0.15, 0.2) is 6.33 Å². The first kappa shape index (κ1) is 14.9. The smallest absolute Gasteiger partial charge is 0.156 e. The van der Waals surface area contributed by atoms with Gasteiger partial charge in [-0.25, -0.2) is 9.97 Å². The molecule has 0 fully saturated rings. The molecule has 0 aromatic carbocycles. The Balaban J connectivity index is 2.98. The second-order valence-electron chi connectivity index (χ2n) is 4.51. The average Bonchev–Trinajstić information content (AvgIpc) is 2.34. The molecular formula is C13H20ClN3O. The second kappa shape index (κ2) is 7.31. The van der Waals surface area contributed by atoms with Crippen molar-refractivity contribution in [3.05, 3.63) is 17.0 Å². The molecule has 0 atom stereocenters. The van der Waals surface area contributed by atoms with E-state index in [1.807, 2.05) is 0 Å². The number of halogens is 1. The fourth-order valence-electron chi connectivity index (χ4n) is 1.84. The van der Waals surface area contributed by atoms with Crippen molar-refractivity contribution in [3.8, 4) is 0 Å². The first-order chi connectivity index (χ1) is 8.61. The third-order valence-electron chi connectivity index (χ3n) is 2.83. The van der Waals surface area contributed by atoms with Crippen LogP contribution in [0.3, 0.4) is 0 Å². The van der Waals surface area contributed by atoms with Crippen molar-refractivity contribution in [3.63, 3.8) is 0 Å². The van der Waals surface area contributed by atoms with Gasteiger partial charge in [0.2, 0.25) is 0 Å². The highest BCUT2D eigenvalue weighted by molar-refractivity contribution is 6.32. The molecule has 100 valence electrons. The highest BCUT2D eigenvalue weighted by Gasteiger charge is 2.18. The zero-order valence-electron chi connectivity index (χ0n) is 11.2. The monoisotopic (exact) mass is 269 g/mol. The Morgan fingerprint density at radius 3 is 2.67 bits per heavy atom. The number of hydrogen-bond acceptors (Lipinski definition) is 4. The van der Waals surface area contributed by atoms with Gasteiger partial charge in [-0.15, -0.1) is 0 Å². The summed E-state index contributed by atoms with van der Waals surface area (Å²) in [5, 5.41) is 0.219. The number of carbonyl (C=O) groups excluding carboxylic acids is 1. The van der Waals surface area contributed by atoms with E-state index in [9.17, 15) is 4.79 Å². The number of nitrogens with zero attached hydrogens (tertiary/aromatic N) is 3. The third kappa shape index (κ3) is 3.67. The predicted molar refractivity (Wildman–Crippen MR) is 74.4 cm³/mol. The van der Waals surface area contributed by atoms with Gasteiger partial charge in [-0.05, 0) is 20.3 Å². The molecule has 1 aromatic rings. The van der Waals surface area contributed by atoms with Crippen LogP contribution < -0.4 is 4.90 Å². The van der Waals surface area contributed by atoms with Crippen LogP contribution in [0.5, 0.6) is 0 Å². The molecule has 1 rings (SSSR count). The minimum Gasteiger partial charge on any atom is -0.353 e. The van der Waals surface area contributed by atoms with Crippen molar-refractivity contribution in [1.82, 2.24) is 9.97 Å². The van der Waals surface area contributed by atoms with E-state index in [0.717, 1.165) is 25.7 Å². The minimum absolute atomic E-state index is 0.219. The lowest BCUT2D eigenvalue weighted by atomic mass is 10.2. The minimum atomic E-state index is 0.219. The van der Waals surface area contributed by atoms with Crippen molar-refractivity contribution in [2.75, 3.05) is 11.4 Å². The maximum Gasteiger partial charge on any atom is 0.156 e. The summed E-state index contributed by atoms with van der Waals surface area (Å²) in [6.07, 6.45) is 5.54. The predicted octanol–water partition coefficient (Wildman–Crippen LogP) is 3.35. The molecular weight excluding hydrogens is 250 g/mol. The first-order valence-corrected chi connectivity index (χ1v) is 6.71. The second-order valence-corrected chi connectivity index (χ2v) is 4.87. The molecule has 0 N–H and O–H groups in total. The van der Waals surface area contributed by atoms with E-state index in [1.165, 1.54) is 12.7 Å². The van der Waals surface area contributed by atoms with E-state index < -0.39 is 0 Å². The van der Waals surface area contributed by atoms with Gasteiger partial charge in [-0.2, -0.15) is 0 Å². The first-order valence-electron chi connectivity index (χ1n) is 6.34. The molecule has 0 amide bonds. The number of aldehydes is 1. The molecule has 0 bridgehead atoms. The van der Waals surface area contributed by atoms with Gasteiger partial charge in [0, 0.05) is 12.6 Å². The molecule has 18 heavy (non-hydrogen) atoms. The van der Waals surface area contributed by atoms with Gasteiger partial charge in [0.25, 0.3) is 0 Å². The molecule has 0 saturated carbocycles. The summed E-state index contributed by atoms with van der Waals surface area (Å²) in [6, 6.07) is 0.270. The molecule has 0 unspecified atom stereocenters. The Bertz CT molecular complexity index is 396. The van der Waals surface area contributed by atoms with Crippen molar-refractivity contribution in [2.24, 2.45) is 0 Å². The van der Waals surface area contributed by atoms with Crippen LogP contribution >= 0.6 is 11.6 Å². The Morgan fingerprint density at radius 1 is 1.39 bits per heavy atom. The maximum absolute atomic E-state index is 11.1. The van der Waals surface area contributed by atoms with Crippen LogP contribution in [0.4, 0.5) is 5.82 Å². The molecule has 0 saturated heterocycles. The number of hydrogen-bond donors (Lipinski definition) is 0. The van der Waals surface area contributed by atoms with Gasteiger partial charge in [0.05, 0.1) is 5.56 Å². The van der Waals surface area contributed by atoms with Gasteiger partial charge < -0.3 is 4.90 Å². The molecule has 5 heteroatoms. The number of carbonyl (C=O) groups is 1. The van der Waals surface area contributed by atoms with Crippen LogP contribution in [-0.2, 0) is 0 Å². The lowest BCUT2D eigenvalue weighted by molar-refractivity contribution is 0.112. The summed E-state index contributed by atoms with van der Waals surface area (Å²) in [5.41, 5.74) is 0.379. The highest BCUT2D eigenvalue weighted by atomic mass is 35.5. The third-order valence-corrected chi connectivity index (χ3v) is 3.13. The van der Waals surface area contributed by atoms with E-state index in [1.54, 1.807) is 0 Å². The zero-order valence-corrected chi connectivity index (χ0v) is 11.9. The van der Waals surface area contributed by atoms with Crippen LogP contribution in [-0.4, -0.2) is 28.8 Å². The van der Waals surface area contributed by atoms with Crippen LogP contribution in [0.1, 0.15) is 50.4 Å². The summed E-state index contributed by atoms with van der Waals surface area (Å²) in [4.78, 5) is 21.3. The molecule has 1 aromatic heterocycles. The average molecular weight is 270 g/mol. The Morgan fingerprint density at radius 2 is 2.11 bits per heavy atom. The summed E-state index contributed by atoms with van der Waals surface area (Å²) in [6.45, 7) is 7.20. The number of anilines is 1. The number of rotatable bonds is 7. The standard InChI is InChI=1S/C13H20ClN3O/c1-4-5-6-7-17(10(2)3)13-11(8-18)12(14)15-9-16-13/h8-10H,4-7H2,1-3H3. The molecule has 0 aliphatic heterocycles. The van der Waals surface area contributed by atoms with Crippen LogP contribution in [0.25, 0.3) is 0 Å².